The maximum Gasteiger partial charge on any atom is 0.276 e. The van der Waals surface area contributed by atoms with E-state index in [1.54, 1.807) is 0 Å². The number of hydrogen-bond acceptors (Lipinski definition) is 7. The maximum absolute atomic E-state index is 12.9. The van der Waals surface area contributed by atoms with Crippen molar-refractivity contribution in [1.29, 1.82) is 0 Å². The Balaban J connectivity index is 1.43. The number of nitrogens with one attached hydrogen (secondary N) is 1. The lowest BCUT2D eigenvalue weighted by atomic mass is 9.96. The van der Waals surface area contributed by atoms with Crippen LogP contribution >= 0.6 is 0 Å². The van der Waals surface area contributed by atoms with Gasteiger partial charge in [-0.3, -0.25) is 4.79 Å². The Bertz CT molecular complexity index is 826. The highest BCUT2D eigenvalue weighted by Crippen LogP contribution is 2.26. The SMILES string of the molecule is CCNc1cc(N2CCN(C(=O)c3noc4c3CCCC4)CC2)nc(C)n1. The number of nitrogens with zero attached hydrogens (tertiary/aromatic N) is 5. The lowest BCUT2D eigenvalue weighted by Gasteiger charge is -2.35. The van der Waals surface area contributed by atoms with Gasteiger partial charge in [0, 0.05) is 50.8 Å². The number of rotatable bonds is 4. The molecule has 27 heavy (non-hydrogen) atoms. The molecule has 1 amide bonds. The van der Waals surface area contributed by atoms with Crippen molar-refractivity contribution < 1.29 is 9.32 Å². The van der Waals surface area contributed by atoms with Gasteiger partial charge < -0.3 is 19.6 Å². The molecule has 8 nitrogen and oxygen atoms in total. The van der Waals surface area contributed by atoms with E-state index in [0.717, 1.165) is 74.1 Å². The normalized spacial score (nSPS) is 17.0. The van der Waals surface area contributed by atoms with E-state index in [9.17, 15) is 4.79 Å². The Morgan fingerprint density at radius 2 is 1.96 bits per heavy atom. The van der Waals surface area contributed by atoms with E-state index < -0.39 is 0 Å². The molecule has 0 radical (unpaired) electrons. The number of carbonyl (C=O) groups excluding carboxylic acids is 1. The number of carbonyl (C=O) groups is 1. The van der Waals surface area contributed by atoms with Gasteiger partial charge in [0.25, 0.3) is 5.91 Å². The van der Waals surface area contributed by atoms with Crippen molar-refractivity contribution in [1.82, 2.24) is 20.0 Å². The van der Waals surface area contributed by atoms with Crippen molar-refractivity contribution in [2.45, 2.75) is 39.5 Å². The molecule has 4 rings (SSSR count). The summed E-state index contributed by atoms with van der Waals surface area (Å²) in [4.78, 5) is 26.0. The molecule has 0 saturated carbocycles. The van der Waals surface area contributed by atoms with Crippen molar-refractivity contribution in [2.24, 2.45) is 0 Å². The smallest absolute Gasteiger partial charge is 0.276 e. The molecule has 1 saturated heterocycles. The van der Waals surface area contributed by atoms with Gasteiger partial charge in [-0.2, -0.15) is 0 Å². The van der Waals surface area contributed by atoms with E-state index in [4.69, 9.17) is 4.52 Å². The van der Waals surface area contributed by atoms with Crippen LogP contribution in [-0.2, 0) is 12.8 Å². The molecule has 2 aromatic rings. The number of aromatic nitrogens is 3. The van der Waals surface area contributed by atoms with Crippen LogP contribution < -0.4 is 10.2 Å². The minimum absolute atomic E-state index is 0.00578. The summed E-state index contributed by atoms with van der Waals surface area (Å²) in [6.07, 6.45) is 4.00. The van der Waals surface area contributed by atoms with Crippen molar-refractivity contribution >= 4 is 17.5 Å². The molecule has 0 aromatic carbocycles. The average Bonchev–Trinajstić information content (AvgIpc) is 3.11. The molecule has 1 aliphatic heterocycles. The first-order valence-electron chi connectivity index (χ1n) is 9.77. The van der Waals surface area contributed by atoms with Gasteiger partial charge in [0.2, 0.25) is 0 Å². The molecule has 8 heteroatoms. The summed E-state index contributed by atoms with van der Waals surface area (Å²) in [5, 5.41) is 7.33. The van der Waals surface area contributed by atoms with Crippen molar-refractivity contribution in [3.63, 3.8) is 0 Å². The number of fused-ring (bicyclic) bond motifs is 1. The quantitative estimate of drug-likeness (QED) is 0.881. The van der Waals surface area contributed by atoms with E-state index in [1.807, 2.05) is 24.8 Å². The molecular weight excluding hydrogens is 344 g/mol. The Kier molecular flexibility index (Phi) is 4.96. The van der Waals surface area contributed by atoms with Gasteiger partial charge in [0.1, 0.15) is 23.2 Å². The third kappa shape index (κ3) is 3.61. The van der Waals surface area contributed by atoms with E-state index in [1.165, 1.54) is 0 Å². The Morgan fingerprint density at radius 1 is 1.19 bits per heavy atom. The van der Waals surface area contributed by atoms with Crippen LogP contribution in [0.5, 0.6) is 0 Å². The van der Waals surface area contributed by atoms with Gasteiger partial charge in [-0.1, -0.05) is 5.16 Å². The number of aryl methyl sites for hydroxylation is 2. The number of amides is 1. The van der Waals surface area contributed by atoms with E-state index in [0.29, 0.717) is 18.8 Å². The lowest BCUT2D eigenvalue weighted by Crippen LogP contribution is -2.49. The average molecular weight is 370 g/mol. The van der Waals surface area contributed by atoms with E-state index in [2.05, 4.69) is 25.3 Å². The Hall–Kier alpha value is -2.64. The van der Waals surface area contributed by atoms with Crippen LogP contribution in [0.4, 0.5) is 11.6 Å². The second-order valence-corrected chi connectivity index (χ2v) is 7.11. The highest BCUT2D eigenvalue weighted by molar-refractivity contribution is 5.94. The molecule has 1 N–H and O–H groups in total. The minimum atomic E-state index is -0.00578. The standard InChI is InChI=1S/C19H26N6O2/c1-3-20-16-12-17(22-13(2)21-16)24-8-10-25(11-9-24)19(26)18-14-6-4-5-7-15(14)27-23-18/h12H,3-11H2,1-2H3,(H,20,21,22). The second kappa shape index (κ2) is 7.54. The lowest BCUT2D eigenvalue weighted by molar-refractivity contribution is 0.0735. The number of hydrogen-bond donors (Lipinski definition) is 1. The highest BCUT2D eigenvalue weighted by atomic mass is 16.5. The zero-order valence-electron chi connectivity index (χ0n) is 16.0. The molecule has 0 unspecified atom stereocenters. The molecule has 0 spiro atoms. The first-order valence-corrected chi connectivity index (χ1v) is 9.77. The fourth-order valence-corrected chi connectivity index (χ4v) is 3.83. The monoisotopic (exact) mass is 370 g/mol. The summed E-state index contributed by atoms with van der Waals surface area (Å²) in [7, 11) is 0. The fourth-order valence-electron chi connectivity index (χ4n) is 3.83. The molecule has 2 aliphatic rings. The number of anilines is 2. The molecule has 144 valence electrons. The zero-order valence-corrected chi connectivity index (χ0v) is 16.0. The van der Waals surface area contributed by atoms with Crippen LogP contribution in [0, 0.1) is 6.92 Å². The molecular formula is C19H26N6O2. The Labute approximate surface area is 158 Å². The van der Waals surface area contributed by atoms with Crippen molar-refractivity contribution in [2.75, 3.05) is 42.9 Å². The fraction of sp³-hybridized carbons (Fsp3) is 0.579. The predicted molar refractivity (Wildman–Crippen MR) is 102 cm³/mol. The highest BCUT2D eigenvalue weighted by Gasteiger charge is 2.29. The van der Waals surface area contributed by atoms with Crippen LogP contribution in [0.15, 0.2) is 10.6 Å². The largest absolute Gasteiger partial charge is 0.370 e. The van der Waals surface area contributed by atoms with Gasteiger partial charge >= 0.3 is 0 Å². The van der Waals surface area contributed by atoms with Crippen molar-refractivity contribution in [3.8, 4) is 0 Å². The predicted octanol–water partition coefficient (Wildman–Crippen LogP) is 2.05. The first-order chi connectivity index (χ1) is 13.2. The molecule has 2 aromatic heterocycles. The van der Waals surface area contributed by atoms with E-state index in [-0.39, 0.29) is 5.91 Å². The summed E-state index contributed by atoms with van der Waals surface area (Å²) in [6, 6.07) is 1.97. The van der Waals surface area contributed by atoms with Crippen LogP contribution in [0.25, 0.3) is 0 Å². The van der Waals surface area contributed by atoms with Gasteiger partial charge in [-0.25, -0.2) is 9.97 Å². The van der Waals surface area contributed by atoms with Crippen LogP contribution in [0.3, 0.4) is 0 Å². The second-order valence-electron chi connectivity index (χ2n) is 7.11. The van der Waals surface area contributed by atoms with Crippen LogP contribution in [0.2, 0.25) is 0 Å². The summed E-state index contributed by atoms with van der Waals surface area (Å²) in [6.45, 7) is 7.56. The number of piperazine rings is 1. The molecule has 0 bridgehead atoms. The first kappa shape index (κ1) is 17.8. The summed E-state index contributed by atoms with van der Waals surface area (Å²) >= 11 is 0. The van der Waals surface area contributed by atoms with Crippen molar-refractivity contribution in [3.05, 3.63) is 28.9 Å². The van der Waals surface area contributed by atoms with E-state index >= 15 is 0 Å². The molecule has 3 heterocycles. The van der Waals surface area contributed by atoms with Crippen LogP contribution in [0.1, 0.15) is 47.4 Å². The summed E-state index contributed by atoms with van der Waals surface area (Å²) < 4.78 is 5.41. The van der Waals surface area contributed by atoms with Gasteiger partial charge in [-0.05, 0) is 33.1 Å². The molecule has 1 aliphatic carbocycles. The third-order valence-corrected chi connectivity index (χ3v) is 5.23. The molecule has 1 fully saturated rings. The van der Waals surface area contributed by atoms with Gasteiger partial charge in [0.05, 0.1) is 0 Å². The van der Waals surface area contributed by atoms with Gasteiger partial charge in [-0.15, -0.1) is 0 Å². The maximum atomic E-state index is 12.9. The van der Waals surface area contributed by atoms with Gasteiger partial charge in [0.15, 0.2) is 5.69 Å². The third-order valence-electron chi connectivity index (χ3n) is 5.23. The van der Waals surface area contributed by atoms with Crippen LogP contribution in [-0.4, -0.2) is 58.7 Å². The summed E-state index contributed by atoms with van der Waals surface area (Å²) in [5.74, 6) is 3.39. The minimum Gasteiger partial charge on any atom is -0.370 e. The topological polar surface area (TPSA) is 87.4 Å². The zero-order chi connectivity index (χ0) is 18.8. The summed E-state index contributed by atoms with van der Waals surface area (Å²) in [5.41, 5.74) is 1.54. The molecule has 0 atom stereocenters. The Morgan fingerprint density at radius 3 is 2.74 bits per heavy atom.